The van der Waals surface area contributed by atoms with Crippen LogP contribution in [0.2, 0.25) is 0 Å². The highest BCUT2D eigenvalue weighted by Gasteiger charge is 2.27. The lowest BCUT2D eigenvalue weighted by atomic mass is 10.1. The Labute approximate surface area is 96.9 Å². The molecule has 17 heavy (non-hydrogen) atoms. The van der Waals surface area contributed by atoms with Crippen molar-refractivity contribution in [3.8, 4) is 0 Å². The molecule has 0 atom stereocenters. The maximum absolute atomic E-state index is 11.6. The van der Waals surface area contributed by atoms with Crippen LogP contribution in [0, 0.1) is 13.8 Å². The van der Waals surface area contributed by atoms with Crippen LogP contribution in [0.25, 0.3) is 11.0 Å². The molecule has 90 valence electrons. The molecule has 0 amide bonds. The second kappa shape index (κ2) is 3.81. The summed E-state index contributed by atoms with van der Waals surface area (Å²) in [6, 6.07) is 5.13. The first kappa shape index (κ1) is 12.0. The van der Waals surface area contributed by atoms with E-state index < -0.39 is 18.5 Å². The van der Waals surface area contributed by atoms with Crippen LogP contribution in [0.5, 0.6) is 0 Å². The van der Waals surface area contributed by atoms with Gasteiger partial charge in [0.25, 0.3) is 0 Å². The van der Waals surface area contributed by atoms with Crippen LogP contribution in [0.1, 0.15) is 11.1 Å². The molecular formula is C11H11O5P. The van der Waals surface area contributed by atoms with Crippen LogP contribution in [0.3, 0.4) is 0 Å². The van der Waals surface area contributed by atoms with E-state index in [4.69, 9.17) is 14.2 Å². The summed E-state index contributed by atoms with van der Waals surface area (Å²) in [7, 11) is -4.62. The molecule has 2 aromatic rings. The van der Waals surface area contributed by atoms with Gasteiger partial charge >= 0.3 is 13.2 Å². The van der Waals surface area contributed by atoms with Crippen molar-refractivity contribution in [2.75, 3.05) is 0 Å². The molecular weight excluding hydrogens is 243 g/mol. The summed E-state index contributed by atoms with van der Waals surface area (Å²) < 4.78 is 16.2. The zero-order chi connectivity index (χ0) is 12.8. The highest BCUT2D eigenvalue weighted by molar-refractivity contribution is 7.60. The first-order valence-corrected chi connectivity index (χ1v) is 6.52. The van der Waals surface area contributed by atoms with Crippen molar-refractivity contribution in [2.45, 2.75) is 13.8 Å². The van der Waals surface area contributed by atoms with Crippen molar-refractivity contribution < 1.29 is 18.8 Å². The van der Waals surface area contributed by atoms with Gasteiger partial charge < -0.3 is 14.2 Å². The van der Waals surface area contributed by atoms with Gasteiger partial charge in [0.05, 0.1) is 0 Å². The van der Waals surface area contributed by atoms with Crippen LogP contribution in [-0.4, -0.2) is 9.79 Å². The van der Waals surface area contributed by atoms with Gasteiger partial charge in [-0.05, 0) is 31.0 Å². The van der Waals surface area contributed by atoms with E-state index in [0.29, 0.717) is 11.0 Å². The maximum Gasteiger partial charge on any atom is 0.363 e. The number of fused-ring (bicyclic) bond motifs is 1. The number of hydrogen-bond acceptors (Lipinski definition) is 3. The van der Waals surface area contributed by atoms with Crippen LogP contribution in [-0.2, 0) is 4.57 Å². The van der Waals surface area contributed by atoms with Crippen molar-refractivity contribution >= 4 is 23.9 Å². The normalized spacial score (nSPS) is 12.0. The molecule has 0 aliphatic heterocycles. The molecule has 0 spiro atoms. The van der Waals surface area contributed by atoms with E-state index >= 15 is 0 Å². The Hall–Kier alpha value is -1.42. The molecule has 0 fully saturated rings. The Morgan fingerprint density at radius 2 is 1.88 bits per heavy atom. The topological polar surface area (TPSA) is 87.7 Å². The highest BCUT2D eigenvalue weighted by atomic mass is 31.2. The Balaban J connectivity index is 2.96. The van der Waals surface area contributed by atoms with E-state index in [0.717, 1.165) is 5.56 Å². The monoisotopic (exact) mass is 254 g/mol. The summed E-state index contributed by atoms with van der Waals surface area (Å²) in [5.74, 6) is 0. The van der Waals surface area contributed by atoms with E-state index in [1.165, 1.54) is 6.92 Å². The quantitative estimate of drug-likeness (QED) is 0.590. The average Bonchev–Trinajstić information content (AvgIpc) is 2.13. The summed E-state index contributed by atoms with van der Waals surface area (Å²) in [6.07, 6.45) is 0. The fourth-order valence-corrected chi connectivity index (χ4v) is 2.63. The first-order valence-electron chi connectivity index (χ1n) is 4.91. The van der Waals surface area contributed by atoms with Crippen LogP contribution in [0.15, 0.2) is 27.4 Å². The Bertz CT molecular complexity index is 695. The van der Waals surface area contributed by atoms with Crippen LogP contribution < -0.4 is 10.9 Å². The van der Waals surface area contributed by atoms with Crippen LogP contribution in [0.4, 0.5) is 0 Å². The third-order valence-electron chi connectivity index (χ3n) is 2.58. The van der Waals surface area contributed by atoms with Gasteiger partial charge in [-0.15, -0.1) is 0 Å². The van der Waals surface area contributed by atoms with E-state index in [-0.39, 0.29) is 5.56 Å². The zero-order valence-electron chi connectivity index (χ0n) is 9.30. The summed E-state index contributed by atoms with van der Waals surface area (Å²) in [6.45, 7) is 3.34. The third-order valence-corrected chi connectivity index (χ3v) is 3.68. The average molecular weight is 254 g/mol. The van der Waals surface area contributed by atoms with Gasteiger partial charge in [-0.25, -0.2) is 4.79 Å². The summed E-state index contributed by atoms with van der Waals surface area (Å²) >= 11 is 0. The molecule has 0 saturated heterocycles. The smallest absolute Gasteiger partial charge is 0.363 e. The predicted octanol–water partition coefficient (Wildman–Crippen LogP) is 1.21. The molecule has 0 radical (unpaired) electrons. The van der Waals surface area contributed by atoms with E-state index in [1.54, 1.807) is 18.2 Å². The Morgan fingerprint density at radius 3 is 2.47 bits per heavy atom. The summed E-state index contributed by atoms with van der Waals surface area (Å²) in [4.78, 5) is 29.8. The van der Waals surface area contributed by atoms with Gasteiger partial charge in [-0.2, -0.15) is 0 Å². The molecule has 2 rings (SSSR count). The van der Waals surface area contributed by atoms with Crippen molar-refractivity contribution in [2.24, 2.45) is 0 Å². The molecule has 2 N–H and O–H groups in total. The van der Waals surface area contributed by atoms with Gasteiger partial charge in [-0.1, -0.05) is 12.1 Å². The summed E-state index contributed by atoms with van der Waals surface area (Å²) in [5, 5.41) is -0.0256. The standard InChI is InChI=1S/C11H11O5P/c1-6-3-4-8-7(2)10(17(13,14)15)11(12)16-9(8)5-6/h3-5H,1-2H3,(H2,13,14,15). The second-order valence-corrected chi connectivity index (χ2v) is 5.44. The lowest BCUT2D eigenvalue weighted by molar-refractivity contribution is 0.385. The van der Waals surface area contributed by atoms with E-state index in [1.807, 2.05) is 6.92 Å². The number of hydrogen-bond donors (Lipinski definition) is 2. The molecule has 5 nitrogen and oxygen atoms in total. The molecule has 0 aliphatic rings. The number of rotatable bonds is 1. The Morgan fingerprint density at radius 1 is 1.24 bits per heavy atom. The third kappa shape index (κ3) is 2.05. The molecule has 0 bridgehead atoms. The summed E-state index contributed by atoms with van der Waals surface area (Å²) in [5.41, 5.74) is 0.534. The van der Waals surface area contributed by atoms with Crippen molar-refractivity contribution in [3.05, 3.63) is 39.7 Å². The lowest BCUT2D eigenvalue weighted by Gasteiger charge is -2.08. The molecule has 1 heterocycles. The number of benzene rings is 1. The minimum atomic E-state index is -4.62. The number of aryl methyl sites for hydroxylation is 2. The van der Waals surface area contributed by atoms with E-state index in [9.17, 15) is 9.36 Å². The largest absolute Gasteiger partial charge is 0.422 e. The molecule has 6 heteroatoms. The predicted molar refractivity (Wildman–Crippen MR) is 63.6 cm³/mol. The molecule has 1 aromatic carbocycles. The van der Waals surface area contributed by atoms with Gasteiger partial charge in [0.2, 0.25) is 0 Å². The van der Waals surface area contributed by atoms with E-state index in [2.05, 4.69) is 0 Å². The minimum Gasteiger partial charge on any atom is -0.422 e. The van der Waals surface area contributed by atoms with Gasteiger partial charge in [0.1, 0.15) is 5.58 Å². The molecule has 1 aromatic heterocycles. The van der Waals surface area contributed by atoms with Crippen LogP contribution >= 0.6 is 7.60 Å². The highest BCUT2D eigenvalue weighted by Crippen LogP contribution is 2.34. The van der Waals surface area contributed by atoms with Crippen molar-refractivity contribution in [1.82, 2.24) is 0 Å². The fourth-order valence-electron chi connectivity index (χ4n) is 1.79. The first-order chi connectivity index (χ1) is 7.80. The van der Waals surface area contributed by atoms with Gasteiger partial charge in [0.15, 0.2) is 5.30 Å². The fraction of sp³-hybridized carbons (Fsp3) is 0.182. The SMILES string of the molecule is Cc1ccc2c(C)c(P(=O)(O)O)c(=O)oc2c1. The maximum atomic E-state index is 11.6. The van der Waals surface area contributed by atoms with Gasteiger partial charge in [-0.3, -0.25) is 4.57 Å². The van der Waals surface area contributed by atoms with Gasteiger partial charge in [0, 0.05) is 5.39 Å². The minimum absolute atomic E-state index is 0.268. The Kier molecular flexibility index (Phi) is 2.70. The van der Waals surface area contributed by atoms with Crippen molar-refractivity contribution in [3.63, 3.8) is 0 Å². The van der Waals surface area contributed by atoms with Crippen molar-refractivity contribution in [1.29, 1.82) is 0 Å². The molecule has 0 saturated carbocycles. The zero-order valence-corrected chi connectivity index (χ0v) is 10.2. The molecule has 0 unspecified atom stereocenters. The second-order valence-electron chi connectivity index (χ2n) is 3.91. The lowest BCUT2D eigenvalue weighted by Crippen LogP contribution is -2.26. The molecule has 0 aliphatic carbocycles.